The second-order valence-corrected chi connectivity index (χ2v) is 3.95. The van der Waals surface area contributed by atoms with Crippen LogP contribution in [0.3, 0.4) is 0 Å². The van der Waals surface area contributed by atoms with Gasteiger partial charge in [0.15, 0.2) is 0 Å². The molecule has 0 spiro atoms. The zero-order chi connectivity index (χ0) is 13.5. The summed E-state index contributed by atoms with van der Waals surface area (Å²) in [6.07, 6.45) is 0. The van der Waals surface area contributed by atoms with E-state index in [4.69, 9.17) is 53.2 Å². The first-order chi connectivity index (χ1) is 6.00. The summed E-state index contributed by atoms with van der Waals surface area (Å²) >= 11 is -5.75. The van der Waals surface area contributed by atoms with Crippen LogP contribution in [0.1, 0.15) is 0 Å². The van der Waals surface area contributed by atoms with Crippen LogP contribution in [-0.4, -0.2) is 48.9 Å². The molecule has 0 N–H and O–H groups in total. The maximum Gasteiger partial charge on any atom is 0 e. The number of rotatable bonds is 0. The first-order valence-electron chi connectivity index (χ1n) is 1.90. The minimum atomic E-state index is -5.75. The summed E-state index contributed by atoms with van der Waals surface area (Å²) in [6, 6.07) is 0. The van der Waals surface area contributed by atoms with Crippen molar-refractivity contribution in [2.24, 2.45) is 0 Å². The van der Waals surface area contributed by atoms with Gasteiger partial charge < -0.3 is 0 Å². The summed E-state index contributed by atoms with van der Waals surface area (Å²) in [5.74, 6) is 0. The van der Waals surface area contributed by atoms with E-state index in [1.807, 2.05) is 0 Å². The Hall–Kier alpha value is 5.84. The number of halogens is 2. The third-order valence-corrected chi connectivity index (χ3v) is 0. The topological polar surface area (TPSA) is 265 Å². The van der Waals surface area contributed by atoms with Crippen LogP contribution in [-0.2, 0) is 42.3 Å². The Bertz CT molecular complexity index is 213. The number of hydrogen-bond donors (Lipinski definition) is 0. The van der Waals surface area contributed by atoms with Crippen LogP contribution in [0.2, 0.25) is 0 Å². The van der Waals surface area contributed by atoms with Gasteiger partial charge in [-0.2, -0.15) is 0 Å². The SMILES string of the molecule is [Ba+2].[K+].[K+].[O-][Cl+3]([O-])([O-])[O-].[O-][Cl+3]([O-])([O-])[O-].[O]=[Cr](=[O])([O-])[O-].[W]. The summed E-state index contributed by atoms with van der Waals surface area (Å²) in [4.78, 5) is 0. The van der Waals surface area contributed by atoms with Crippen LogP contribution in [0.25, 0.3) is 0 Å². The summed E-state index contributed by atoms with van der Waals surface area (Å²) in [7, 11) is -9.89. The fraction of sp³-hybridized carbons (Fsp3) is 0. The summed E-state index contributed by atoms with van der Waals surface area (Å²) < 4.78 is 102. The van der Waals surface area contributed by atoms with E-state index in [1.54, 1.807) is 0 Å². The molecule has 19 heavy (non-hydrogen) atoms. The maximum absolute atomic E-state index is 8.59. The largest absolute Gasteiger partial charge is 0 e. The van der Waals surface area contributed by atoms with Gasteiger partial charge in [-0.15, -0.1) is 20.5 Å². The van der Waals surface area contributed by atoms with Crippen LogP contribution in [0.4, 0.5) is 0 Å². The molecule has 0 heterocycles. The van der Waals surface area contributed by atoms with Gasteiger partial charge in [0.1, 0.15) is 0 Å². The smallest absolute Gasteiger partial charge is 0 e. The summed E-state index contributed by atoms with van der Waals surface area (Å²) in [5.41, 5.74) is 0. The Kier molecular flexibility index (Phi) is 51.1. The fourth-order valence-electron chi connectivity index (χ4n) is 0. The molecule has 0 aliphatic rings. The van der Waals surface area contributed by atoms with E-state index in [0.29, 0.717) is 0 Å². The first kappa shape index (κ1) is 44.4. The molecule has 0 radical (unpaired) electrons. The Morgan fingerprint density at radius 3 is 0.632 bits per heavy atom. The Balaban J connectivity index is -0.0000000206. The molecule has 19 heteroatoms. The molecular weight excluding hydrogens is 714 g/mol. The van der Waals surface area contributed by atoms with Crippen molar-refractivity contribution in [3.05, 3.63) is 0 Å². The van der Waals surface area contributed by atoms with Gasteiger partial charge in [-0.05, 0) is 0 Å². The van der Waals surface area contributed by atoms with E-state index in [0.717, 1.165) is 0 Å². The van der Waals surface area contributed by atoms with E-state index in [1.165, 1.54) is 0 Å². The summed E-state index contributed by atoms with van der Waals surface area (Å²) in [5, 5.41) is 0. The van der Waals surface area contributed by atoms with Crippen LogP contribution < -0.4 is 148 Å². The molecule has 0 aromatic carbocycles. The van der Waals surface area contributed by atoms with Crippen molar-refractivity contribution in [3.63, 3.8) is 0 Å². The molecule has 0 saturated heterocycles. The Labute approximate surface area is 253 Å². The average Bonchev–Trinajstić information content (AvgIpc) is 1.41. The predicted octanol–water partition coefficient (Wildman–Crippen LogP) is -18.5. The zero-order valence-corrected chi connectivity index (χ0v) is 25.6. The molecule has 0 atom stereocenters. The van der Waals surface area contributed by atoms with E-state index in [9.17, 15) is 0 Å². The van der Waals surface area contributed by atoms with Gasteiger partial charge in [-0.1, -0.05) is 0 Å². The molecule has 0 aromatic heterocycles. The monoisotopic (exact) mass is 714 g/mol. The van der Waals surface area contributed by atoms with Crippen molar-refractivity contribution in [1.29, 1.82) is 0 Å². The summed E-state index contributed by atoms with van der Waals surface area (Å²) in [6.45, 7) is 0. The van der Waals surface area contributed by atoms with Crippen LogP contribution in [0, 0.1) is 20.5 Å². The zero-order valence-electron chi connectivity index (χ0n) is 9.18. The predicted molar refractivity (Wildman–Crippen MR) is 7.13 cm³/mol. The molecule has 0 unspecified atom stereocenters. The van der Waals surface area contributed by atoms with E-state index < -0.39 is 34.1 Å². The van der Waals surface area contributed by atoms with Gasteiger partial charge in [0.2, 0.25) is 0 Å². The average molecular weight is 714 g/mol. The maximum atomic E-state index is 8.59. The normalized spacial score (nSPS) is 9.37. The van der Waals surface area contributed by atoms with Gasteiger partial charge in [0, 0.05) is 21.1 Å². The number of hydrogen-bond acceptors (Lipinski definition) is 12. The van der Waals surface area contributed by atoms with Crippen LogP contribution in [0.5, 0.6) is 0 Å². The van der Waals surface area contributed by atoms with Gasteiger partial charge in [0.25, 0.3) is 0 Å². The second kappa shape index (κ2) is 21.9. The van der Waals surface area contributed by atoms with Crippen LogP contribution in [0.15, 0.2) is 0 Å². The third-order valence-electron chi connectivity index (χ3n) is 0. The Morgan fingerprint density at radius 2 is 0.632 bits per heavy atom. The van der Waals surface area contributed by atoms with Crippen molar-refractivity contribution in [2.75, 3.05) is 0 Å². The van der Waals surface area contributed by atoms with Crippen molar-refractivity contribution >= 4 is 48.9 Å². The third kappa shape index (κ3) is 333. The standard InChI is InChI=1S/Ba.2ClHO4.Cr.2K.4O.W/c;2*2-1(3,4)5;;;;;;;;/h;2*(H,2,3,4,5);;;;;;;;/q+2;;;;2*+1;;;2*-1;/p-2. The van der Waals surface area contributed by atoms with Gasteiger partial charge in [-0.3, -0.25) is 0 Å². The molecule has 0 amide bonds. The van der Waals surface area contributed by atoms with Crippen molar-refractivity contribution in [3.8, 4) is 0 Å². The van der Waals surface area contributed by atoms with E-state index in [-0.39, 0.29) is 173 Å². The molecule has 0 fully saturated rings. The van der Waals surface area contributed by atoms with Gasteiger partial charge in [0.05, 0.1) is 0 Å². The second-order valence-electron chi connectivity index (χ2n) is 1.16. The molecule has 0 aliphatic carbocycles. The molecule has 0 bridgehead atoms. The molecule has 0 saturated carbocycles. The van der Waals surface area contributed by atoms with Crippen molar-refractivity contribution in [1.82, 2.24) is 0 Å². The molecule has 102 valence electrons. The minimum absolute atomic E-state index is 0. The van der Waals surface area contributed by atoms with Crippen LogP contribution >= 0.6 is 0 Å². The molecule has 0 aromatic rings. The van der Waals surface area contributed by atoms with E-state index in [2.05, 4.69) is 0 Å². The molecule has 12 nitrogen and oxygen atoms in total. The molecule has 0 aliphatic heterocycles. The van der Waals surface area contributed by atoms with Crippen molar-refractivity contribution < 1.29 is 211 Å². The van der Waals surface area contributed by atoms with Crippen molar-refractivity contribution in [2.45, 2.75) is 0 Å². The first-order valence-corrected chi connectivity index (χ1v) is 6.45. The Morgan fingerprint density at radius 1 is 0.632 bits per heavy atom. The van der Waals surface area contributed by atoms with Gasteiger partial charge in [-0.25, -0.2) is 37.3 Å². The molecule has 0 rings (SSSR count). The van der Waals surface area contributed by atoms with E-state index >= 15 is 0 Å². The molecular formula is BaCl2CrK2O12W. The minimum Gasteiger partial charge on any atom is 0 e. The quantitative estimate of drug-likeness (QED) is 0.212. The van der Waals surface area contributed by atoms with Gasteiger partial charge >= 0.3 is 181 Å². The fourth-order valence-corrected chi connectivity index (χ4v) is 0.